The number of hydrogen-bond donors (Lipinski definition) is 0. The molecule has 0 saturated carbocycles. The van der Waals surface area contributed by atoms with Crippen LogP contribution in [-0.4, -0.2) is 40.6 Å². The molecule has 0 aliphatic carbocycles. The lowest BCUT2D eigenvalue weighted by Gasteiger charge is -2.24. The summed E-state index contributed by atoms with van der Waals surface area (Å²) in [6.45, 7) is 2.62. The number of rotatable bonds is 6. The molecule has 1 saturated heterocycles. The minimum absolute atomic E-state index is 0.0494. The van der Waals surface area contributed by atoms with Crippen LogP contribution in [0.3, 0.4) is 0 Å². The molecule has 0 bridgehead atoms. The molecule has 0 N–H and O–H groups in total. The van der Waals surface area contributed by atoms with E-state index in [9.17, 15) is 13.2 Å². The molecule has 152 valence electrons. The summed E-state index contributed by atoms with van der Waals surface area (Å²) in [4.78, 5) is 16.9. The molecule has 1 aliphatic rings. The summed E-state index contributed by atoms with van der Waals surface area (Å²) >= 11 is 0. The molecule has 2 atom stereocenters. The Hall–Kier alpha value is -2.51. The number of sulfonamides is 1. The van der Waals surface area contributed by atoms with Crippen LogP contribution in [0.15, 0.2) is 65.7 Å². The first-order valence-electron chi connectivity index (χ1n) is 9.93. The van der Waals surface area contributed by atoms with Crippen LogP contribution < -0.4 is 5.56 Å². The second kappa shape index (κ2) is 8.08. The fraction of sp³-hybridized carbons (Fsp3) is 0.364. The largest absolute Gasteiger partial charge is 0.298 e. The Morgan fingerprint density at radius 2 is 1.79 bits per heavy atom. The van der Waals surface area contributed by atoms with Gasteiger partial charge < -0.3 is 0 Å². The van der Waals surface area contributed by atoms with Gasteiger partial charge in [0, 0.05) is 19.1 Å². The Morgan fingerprint density at radius 3 is 2.59 bits per heavy atom. The van der Waals surface area contributed by atoms with Crippen molar-refractivity contribution in [1.82, 2.24) is 13.9 Å². The molecular formula is C22H25N3O3S. The van der Waals surface area contributed by atoms with Crippen molar-refractivity contribution in [3.05, 3.63) is 76.8 Å². The van der Waals surface area contributed by atoms with E-state index in [1.807, 2.05) is 31.2 Å². The molecule has 1 fully saturated rings. The number of nitrogens with zero attached hydrogens (tertiary/aromatic N) is 3. The highest BCUT2D eigenvalue weighted by Gasteiger charge is 2.37. The van der Waals surface area contributed by atoms with E-state index < -0.39 is 10.0 Å². The molecule has 1 aliphatic heterocycles. The van der Waals surface area contributed by atoms with E-state index in [4.69, 9.17) is 0 Å². The summed E-state index contributed by atoms with van der Waals surface area (Å²) in [5.41, 5.74) is 1.65. The third-order valence-corrected chi connectivity index (χ3v) is 7.80. The Morgan fingerprint density at radius 1 is 1.07 bits per heavy atom. The quantitative estimate of drug-likeness (QED) is 0.625. The summed E-state index contributed by atoms with van der Waals surface area (Å²) in [6, 6.07) is 17.2. The summed E-state index contributed by atoms with van der Waals surface area (Å²) in [5.74, 6) is 0.201. The maximum Gasteiger partial charge on any atom is 0.261 e. The first-order chi connectivity index (χ1) is 14.0. The Labute approximate surface area is 170 Å². The Balaban J connectivity index is 1.45. The van der Waals surface area contributed by atoms with Gasteiger partial charge in [0.25, 0.3) is 5.56 Å². The van der Waals surface area contributed by atoms with Crippen molar-refractivity contribution in [3.63, 3.8) is 0 Å². The predicted molar refractivity (Wildman–Crippen MR) is 114 cm³/mol. The van der Waals surface area contributed by atoms with Gasteiger partial charge in [0.05, 0.1) is 23.0 Å². The third-order valence-electron chi connectivity index (χ3n) is 5.88. The van der Waals surface area contributed by atoms with E-state index in [0.717, 1.165) is 12.8 Å². The molecule has 0 radical (unpaired) electrons. The van der Waals surface area contributed by atoms with Gasteiger partial charge in [0.1, 0.15) is 0 Å². The van der Waals surface area contributed by atoms with E-state index in [0.29, 0.717) is 23.4 Å². The van der Waals surface area contributed by atoms with Crippen molar-refractivity contribution in [2.75, 3.05) is 12.3 Å². The Bertz CT molecular complexity index is 1160. The molecule has 2 unspecified atom stereocenters. The average Bonchev–Trinajstić information content (AvgIpc) is 3.09. The predicted octanol–water partition coefficient (Wildman–Crippen LogP) is 2.68. The van der Waals surface area contributed by atoms with Crippen LogP contribution in [0.25, 0.3) is 10.9 Å². The topological polar surface area (TPSA) is 72.3 Å². The number of benzene rings is 2. The van der Waals surface area contributed by atoms with Crippen LogP contribution in [0, 0.1) is 5.92 Å². The summed E-state index contributed by atoms with van der Waals surface area (Å²) in [7, 11) is -3.46. The van der Waals surface area contributed by atoms with Crippen LogP contribution in [0.5, 0.6) is 0 Å². The maximum absolute atomic E-state index is 13.0. The smallest absolute Gasteiger partial charge is 0.261 e. The van der Waals surface area contributed by atoms with Crippen molar-refractivity contribution in [3.8, 4) is 0 Å². The lowest BCUT2D eigenvalue weighted by atomic mass is 9.94. The first-order valence-corrected chi connectivity index (χ1v) is 11.5. The van der Waals surface area contributed by atoms with Crippen molar-refractivity contribution in [2.24, 2.45) is 5.92 Å². The molecule has 2 heterocycles. The lowest BCUT2D eigenvalue weighted by Crippen LogP contribution is -2.39. The lowest BCUT2D eigenvalue weighted by molar-refractivity contribution is 0.356. The number of fused-ring (bicyclic) bond motifs is 1. The van der Waals surface area contributed by atoms with Gasteiger partial charge in [-0.1, -0.05) is 42.5 Å². The summed E-state index contributed by atoms with van der Waals surface area (Å²) in [5, 5.41) is 0.505. The molecule has 4 rings (SSSR count). The highest BCUT2D eigenvalue weighted by atomic mass is 32.2. The fourth-order valence-electron chi connectivity index (χ4n) is 4.15. The number of aryl methyl sites for hydroxylation is 1. The standard InChI is InChI=1S/C22H25N3O3S/c1-17-19(15-18-7-3-2-4-8-18)11-12-25(17)29(27,28)14-13-24-16-23-21-10-6-5-9-20(21)22(24)26/h2-10,16-17,19H,11-15H2,1H3. The van der Waals surface area contributed by atoms with Crippen LogP contribution in [0.4, 0.5) is 0 Å². The monoisotopic (exact) mass is 411 g/mol. The molecule has 1 aromatic heterocycles. The molecule has 2 aromatic carbocycles. The van der Waals surface area contributed by atoms with Crippen LogP contribution in [0.1, 0.15) is 18.9 Å². The SMILES string of the molecule is CC1C(Cc2ccccc2)CCN1S(=O)(=O)CCn1cnc2ccccc2c1=O. The van der Waals surface area contributed by atoms with E-state index >= 15 is 0 Å². The third kappa shape index (κ3) is 4.11. The number of para-hydroxylation sites is 1. The normalized spacial score (nSPS) is 20.3. The van der Waals surface area contributed by atoms with Crippen molar-refractivity contribution < 1.29 is 8.42 Å². The van der Waals surface area contributed by atoms with Gasteiger partial charge in [-0.25, -0.2) is 13.4 Å². The minimum Gasteiger partial charge on any atom is -0.298 e. The maximum atomic E-state index is 13.0. The Kier molecular flexibility index (Phi) is 5.52. The van der Waals surface area contributed by atoms with Crippen molar-refractivity contribution in [1.29, 1.82) is 0 Å². The average molecular weight is 412 g/mol. The van der Waals surface area contributed by atoms with Gasteiger partial charge in [0.2, 0.25) is 10.0 Å². The van der Waals surface area contributed by atoms with Crippen molar-refractivity contribution >= 4 is 20.9 Å². The molecule has 0 spiro atoms. The zero-order chi connectivity index (χ0) is 20.4. The number of hydrogen-bond acceptors (Lipinski definition) is 4. The van der Waals surface area contributed by atoms with Crippen LogP contribution in [0.2, 0.25) is 0 Å². The second-order valence-corrected chi connectivity index (χ2v) is 9.71. The van der Waals surface area contributed by atoms with Crippen LogP contribution in [-0.2, 0) is 23.0 Å². The molecule has 7 heteroatoms. The molecule has 6 nitrogen and oxygen atoms in total. The summed E-state index contributed by atoms with van der Waals surface area (Å²) in [6.07, 6.45) is 3.17. The molecule has 0 amide bonds. The zero-order valence-corrected chi connectivity index (χ0v) is 17.3. The van der Waals surface area contributed by atoms with Crippen molar-refractivity contribution in [2.45, 2.75) is 32.4 Å². The van der Waals surface area contributed by atoms with Gasteiger partial charge >= 0.3 is 0 Å². The highest BCUT2D eigenvalue weighted by Crippen LogP contribution is 2.30. The summed E-state index contributed by atoms with van der Waals surface area (Å²) < 4.78 is 29.0. The highest BCUT2D eigenvalue weighted by molar-refractivity contribution is 7.89. The van der Waals surface area contributed by atoms with Gasteiger partial charge in [-0.3, -0.25) is 9.36 Å². The van der Waals surface area contributed by atoms with E-state index in [2.05, 4.69) is 17.1 Å². The molecule has 29 heavy (non-hydrogen) atoms. The molecule has 3 aromatic rings. The van der Waals surface area contributed by atoms with Gasteiger partial charge in [0.15, 0.2) is 0 Å². The van der Waals surface area contributed by atoms with Gasteiger partial charge in [-0.15, -0.1) is 0 Å². The van der Waals surface area contributed by atoms with E-state index in [-0.39, 0.29) is 23.9 Å². The first kappa shape index (κ1) is 19.8. The second-order valence-electron chi connectivity index (χ2n) is 7.67. The van der Waals surface area contributed by atoms with E-state index in [1.54, 1.807) is 22.5 Å². The van der Waals surface area contributed by atoms with Crippen LogP contribution >= 0.6 is 0 Å². The molecular weight excluding hydrogens is 386 g/mol. The van der Waals surface area contributed by atoms with Gasteiger partial charge in [-0.05, 0) is 43.4 Å². The minimum atomic E-state index is -3.46. The number of aromatic nitrogens is 2. The zero-order valence-electron chi connectivity index (χ0n) is 16.4. The fourth-order valence-corrected chi connectivity index (χ4v) is 5.88. The van der Waals surface area contributed by atoms with Gasteiger partial charge in [-0.2, -0.15) is 4.31 Å². The van der Waals surface area contributed by atoms with E-state index in [1.165, 1.54) is 16.5 Å².